The van der Waals surface area contributed by atoms with Crippen LogP contribution in [0.2, 0.25) is 0 Å². The van der Waals surface area contributed by atoms with Gasteiger partial charge in [-0.15, -0.1) is 0 Å². The van der Waals surface area contributed by atoms with Gasteiger partial charge in [0.1, 0.15) is 18.3 Å². The van der Waals surface area contributed by atoms with E-state index in [4.69, 9.17) is 28.4 Å². The summed E-state index contributed by atoms with van der Waals surface area (Å²) in [4.78, 5) is 0. The third-order valence-corrected chi connectivity index (χ3v) is 3.53. The van der Waals surface area contributed by atoms with Crippen LogP contribution in [0.15, 0.2) is 0 Å². The summed E-state index contributed by atoms with van der Waals surface area (Å²) >= 11 is 0. The molecule has 0 spiro atoms. The van der Waals surface area contributed by atoms with Gasteiger partial charge in [-0.25, -0.2) is 0 Å². The van der Waals surface area contributed by atoms with Crippen LogP contribution in [0.5, 0.6) is 0 Å². The minimum atomic E-state index is -1.04. The molecule has 2 bridgehead atoms. The molecule has 0 unspecified atom stereocenters. The van der Waals surface area contributed by atoms with Crippen LogP contribution in [0.1, 0.15) is 13.8 Å². The van der Waals surface area contributed by atoms with Crippen molar-refractivity contribution in [1.29, 1.82) is 0 Å². The molecule has 5 atom stereocenters. The van der Waals surface area contributed by atoms with Gasteiger partial charge < -0.3 is 28.4 Å². The summed E-state index contributed by atoms with van der Waals surface area (Å²) < 4.78 is 34.0. The average Bonchev–Trinajstić information content (AvgIpc) is 2.66. The van der Waals surface area contributed by atoms with Gasteiger partial charge in [-0.2, -0.15) is 0 Å². The molecule has 4 saturated heterocycles. The molecule has 0 aliphatic carbocycles. The summed E-state index contributed by atoms with van der Waals surface area (Å²) in [7, 11) is 3.12. The second kappa shape index (κ2) is 3.63. The summed E-state index contributed by atoms with van der Waals surface area (Å²) in [6, 6.07) is 0. The first-order chi connectivity index (χ1) is 8.02. The molecule has 0 aromatic rings. The Balaban J connectivity index is 1.96. The Morgan fingerprint density at radius 2 is 1.94 bits per heavy atom. The van der Waals surface area contributed by atoms with Gasteiger partial charge in [-0.1, -0.05) is 0 Å². The van der Waals surface area contributed by atoms with E-state index in [1.807, 2.05) is 13.8 Å². The highest BCUT2D eigenvalue weighted by molar-refractivity contribution is 5.05. The lowest BCUT2D eigenvalue weighted by molar-refractivity contribution is -0.447. The Bertz CT molecular complexity index is 319. The lowest BCUT2D eigenvalue weighted by atomic mass is 9.92. The standard InChI is InChI=1S/C11H18O6/c1-10(2)16-7-6-5-14-11(13-4,8(7)17-10)9(12-3)15-6/h6-9H,5H2,1-4H3/t6-,7-,8-,9-,11+/m1/s1. The molecular formula is C11H18O6. The van der Waals surface area contributed by atoms with Crippen LogP contribution in [0, 0.1) is 0 Å². The molecule has 98 valence electrons. The number of fused-ring (bicyclic) bond motifs is 2. The van der Waals surface area contributed by atoms with Crippen molar-refractivity contribution in [3.05, 3.63) is 0 Å². The van der Waals surface area contributed by atoms with Crippen molar-refractivity contribution < 1.29 is 28.4 Å². The van der Waals surface area contributed by atoms with Gasteiger partial charge in [-0.3, -0.25) is 0 Å². The molecule has 0 aromatic carbocycles. The summed E-state index contributed by atoms with van der Waals surface area (Å²) in [6.45, 7) is 4.17. The highest BCUT2D eigenvalue weighted by Gasteiger charge is 2.68. The Hall–Kier alpha value is -0.240. The Morgan fingerprint density at radius 3 is 2.59 bits per heavy atom. The van der Waals surface area contributed by atoms with Gasteiger partial charge in [0.2, 0.25) is 6.29 Å². The SMILES string of the molecule is CO[C@@H]1O[C@@H]2CO[C@@]1(OC)[C@@H]1OC(C)(C)O[C@@H]12. The first-order valence-corrected chi connectivity index (χ1v) is 5.75. The zero-order valence-electron chi connectivity index (χ0n) is 10.5. The van der Waals surface area contributed by atoms with Gasteiger partial charge in [0.05, 0.1) is 6.61 Å². The molecule has 0 amide bonds. The molecule has 0 saturated carbocycles. The third kappa shape index (κ3) is 1.49. The quantitative estimate of drug-likeness (QED) is 0.696. The molecule has 4 aliphatic rings. The third-order valence-electron chi connectivity index (χ3n) is 3.53. The zero-order chi connectivity index (χ0) is 12.3. The topological polar surface area (TPSA) is 55.4 Å². The predicted molar refractivity (Wildman–Crippen MR) is 55.2 cm³/mol. The van der Waals surface area contributed by atoms with Crippen LogP contribution in [-0.4, -0.2) is 57.0 Å². The number of rotatable bonds is 2. The molecule has 4 heterocycles. The van der Waals surface area contributed by atoms with Gasteiger partial charge >= 0.3 is 0 Å². The Morgan fingerprint density at radius 1 is 1.18 bits per heavy atom. The molecule has 4 fully saturated rings. The number of hydrogen-bond acceptors (Lipinski definition) is 6. The molecule has 17 heavy (non-hydrogen) atoms. The smallest absolute Gasteiger partial charge is 0.250 e. The van der Waals surface area contributed by atoms with Gasteiger partial charge in [-0.05, 0) is 13.8 Å². The second-order valence-electron chi connectivity index (χ2n) is 5.00. The van der Waals surface area contributed by atoms with Crippen molar-refractivity contribution in [3.8, 4) is 0 Å². The zero-order valence-corrected chi connectivity index (χ0v) is 10.5. The number of hydrogen-bond donors (Lipinski definition) is 0. The van der Waals surface area contributed by atoms with Crippen molar-refractivity contribution in [1.82, 2.24) is 0 Å². The lowest BCUT2D eigenvalue weighted by Crippen LogP contribution is -2.73. The first kappa shape index (κ1) is 11.8. The summed E-state index contributed by atoms with van der Waals surface area (Å²) in [5.74, 6) is -1.70. The monoisotopic (exact) mass is 246 g/mol. The van der Waals surface area contributed by atoms with Crippen LogP contribution < -0.4 is 0 Å². The predicted octanol–water partition coefficient (Wildman–Crippen LogP) is 0.251. The van der Waals surface area contributed by atoms with E-state index in [-0.39, 0.29) is 18.3 Å². The molecule has 6 nitrogen and oxygen atoms in total. The van der Waals surface area contributed by atoms with Gasteiger partial charge in [0.25, 0.3) is 5.79 Å². The Labute approximate surface area is 100 Å². The molecule has 0 radical (unpaired) electrons. The fraction of sp³-hybridized carbons (Fsp3) is 1.00. The van der Waals surface area contributed by atoms with Crippen molar-refractivity contribution in [2.75, 3.05) is 20.8 Å². The molecule has 4 aliphatic heterocycles. The average molecular weight is 246 g/mol. The van der Waals surface area contributed by atoms with Gasteiger partial charge in [0.15, 0.2) is 5.79 Å². The van der Waals surface area contributed by atoms with E-state index < -0.39 is 17.9 Å². The van der Waals surface area contributed by atoms with Crippen molar-refractivity contribution >= 4 is 0 Å². The van der Waals surface area contributed by atoms with Crippen LogP contribution in [0.3, 0.4) is 0 Å². The maximum absolute atomic E-state index is 5.88. The van der Waals surface area contributed by atoms with Crippen LogP contribution >= 0.6 is 0 Å². The fourth-order valence-corrected chi connectivity index (χ4v) is 2.83. The highest BCUT2D eigenvalue weighted by Crippen LogP contribution is 2.48. The minimum Gasteiger partial charge on any atom is -0.351 e. The molecule has 6 heteroatoms. The van der Waals surface area contributed by atoms with Gasteiger partial charge in [0, 0.05) is 14.2 Å². The van der Waals surface area contributed by atoms with E-state index in [0.29, 0.717) is 6.61 Å². The summed E-state index contributed by atoms with van der Waals surface area (Å²) in [5, 5.41) is 0. The second-order valence-corrected chi connectivity index (χ2v) is 5.00. The molecular weight excluding hydrogens is 228 g/mol. The van der Waals surface area contributed by atoms with E-state index in [0.717, 1.165) is 0 Å². The molecule has 4 rings (SSSR count). The number of ether oxygens (including phenoxy) is 6. The van der Waals surface area contributed by atoms with Crippen molar-refractivity contribution in [2.24, 2.45) is 0 Å². The Kier molecular flexibility index (Phi) is 2.52. The molecule has 0 N–H and O–H groups in total. The normalized spacial score (nSPS) is 51.5. The van der Waals surface area contributed by atoms with E-state index in [9.17, 15) is 0 Å². The maximum atomic E-state index is 5.88. The van der Waals surface area contributed by atoms with Crippen LogP contribution in [0.25, 0.3) is 0 Å². The lowest BCUT2D eigenvalue weighted by Gasteiger charge is -2.53. The van der Waals surface area contributed by atoms with Crippen molar-refractivity contribution in [2.45, 2.75) is 50.0 Å². The minimum absolute atomic E-state index is 0.176. The van der Waals surface area contributed by atoms with E-state index >= 15 is 0 Å². The van der Waals surface area contributed by atoms with E-state index in [1.54, 1.807) is 14.2 Å². The first-order valence-electron chi connectivity index (χ1n) is 5.75. The summed E-state index contributed by atoms with van der Waals surface area (Å²) in [6.07, 6.45) is -1.28. The summed E-state index contributed by atoms with van der Waals surface area (Å²) in [5.41, 5.74) is 0. The largest absolute Gasteiger partial charge is 0.351 e. The van der Waals surface area contributed by atoms with E-state index in [1.165, 1.54) is 0 Å². The van der Waals surface area contributed by atoms with Crippen LogP contribution in [0.4, 0.5) is 0 Å². The number of methoxy groups -OCH3 is 2. The van der Waals surface area contributed by atoms with Crippen molar-refractivity contribution in [3.63, 3.8) is 0 Å². The van der Waals surface area contributed by atoms with E-state index in [2.05, 4.69) is 0 Å². The molecule has 0 aromatic heterocycles. The van der Waals surface area contributed by atoms with Crippen LogP contribution in [-0.2, 0) is 28.4 Å². The highest BCUT2D eigenvalue weighted by atomic mass is 16.8. The fourth-order valence-electron chi connectivity index (χ4n) is 2.83. The maximum Gasteiger partial charge on any atom is 0.250 e.